The molecule has 0 saturated carbocycles. The van der Waals surface area contributed by atoms with Crippen LogP contribution in [0.2, 0.25) is 0 Å². The number of carbonyl (C=O) groups excluding carboxylic acids is 4. The number of fused-ring (bicyclic) bond motifs is 1. The molecular formula is C23H32N6O8. The number of hydrogen-bond acceptors (Lipinski definition) is 12. The summed E-state index contributed by atoms with van der Waals surface area (Å²) in [5.74, 6) is -1.32. The molecule has 14 heteroatoms. The van der Waals surface area contributed by atoms with E-state index in [0.717, 1.165) is 5.56 Å². The molecular weight excluding hydrogens is 488 g/mol. The first-order chi connectivity index (χ1) is 17.8. The average Bonchev–Trinajstić information content (AvgIpc) is 3.28. The maximum absolute atomic E-state index is 12.7. The first-order valence-electron chi connectivity index (χ1n) is 11.7. The van der Waals surface area contributed by atoms with Crippen LogP contribution in [0.3, 0.4) is 0 Å². The molecule has 2 aliphatic rings. The fraction of sp³-hybridized carbons (Fsp3) is 0.522. The van der Waals surface area contributed by atoms with Crippen LogP contribution in [0.5, 0.6) is 0 Å². The van der Waals surface area contributed by atoms with Crippen molar-refractivity contribution in [1.29, 1.82) is 0 Å². The lowest BCUT2D eigenvalue weighted by molar-refractivity contribution is -0.156. The lowest BCUT2D eigenvalue weighted by Crippen LogP contribution is -2.69. The first-order valence-corrected chi connectivity index (χ1v) is 11.7. The van der Waals surface area contributed by atoms with Crippen LogP contribution < -0.4 is 21.7 Å². The van der Waals surface area contributed by atoms with Gasteiger partial charge in [0.25, 0.3) is 12.4 Å². The van der Waals surface area contributed by atoms with Gasteiger partial charge in [0.1, 0.15) is 51.2 Å². The van der Waals surface area contributed by atoms with Crippen LogP contribution in [0.15, 0.2) is 35.3 Å². The van der Waals surface area contributed by atoms with Crippen LogP contribution in [0.25, 0.3) is 0 Å². The Bertz CT molecular complexity index is 962. The first kappa shape index (κ1) is 27.8. The molecule has 3 rings (SSSR count). The molecule has 0 bridgehead atoms. The summed E-state index contributed by atoms with van der Waals surface area (Å²) in [6, 6.07) is 7.45. The standard InChI is InChI=1S/C23H32N6O8/c1-14(2)17(26-23(33)36-8-15-6-4-3-5-7-15)21(32)35-10-16(9-34-13-30)37-12-29-11-25-18-19(29)27-22(24)28-20(18)31/h3-7,11,13-14,16-19,22,27H,8-10,12,24H2,1-2H3,(H,26,33)(H,28,31)/t16?,17-,18?,19?,22?/m0/s1. The summed E-state index contributed by atoms with van der Waals surface area (Å²) in [5.41, 5.74) is 6.56. The topological polar surface area (TPSA) is 183 Å². The zero-order valence-electron chi connectivity index (χ0n) is 20.6. The van der Waals surface area contributed by atoms with Gasteiger partial charge in [0, 0.05) is 0 Å². The van der Waals surface area contributed by atoms with Crippen molar-refractivity contribution in [3.05, 3.63) is 35.9 Å². The van der Waals surface area contributed by atoms with Gasteiger partial charge in [-0.1, -0.05) is 44.2 Å². The van der Waals surface area contributed by atoms with Gasteiger partial charge < -0.3 is 34.5 Å². The Hall–Kier alpha value is -3.75. The summed E-state index contributed by atoms with van der Waals surface area (Å²) in [6.45, 7) is 3.28. The van der Waals surface area contributed by atoms with Crippen LogP contribution in [0.4, 0.5) is 4.79 Å². The van der Waals surface area contributed by atoms with Crippen molar-refractivity contribution in [2.24, 2.45) is 16.6 Å². The van der Waals surface area contributed by atoms with Gasteiger partial charge in [-0.15, -0.1) is 0 Å². The lowest BCUT2D eigenvalue weighted by atomic mass is 10.1. The zero-order valence-corrected chi connectivity index (χ0v) is 20.6. The fourth-order valence-electron chi connectivity index (χ4n) is 3.60. The second kappa shape index (κ2) is 13.5. The van der Waals surface area contributed by atoms with Crippen LogP contribution in [-0.4, -0.2) is 86.3 Å². The lowest BCUT2D eigenvalue weighted by Gasteiger charge is -2.35. The molecule has 5 atom stereocenters. The number of rotatable bonds is 13. The second-order valence-corrected chi connectivity index (χ2v) is 8.73. The maximum atomic E-state index is 12.7. The van der Waals surface area contributed by atoms with Gasteiger partial charge in [0.05, 0.1) is 6.34 Å². The molecule has 0 radical (unpaired) electrons. The van der Waals surface area contributed by atoms with Crippen molar-refractivity contribution >= 4 is 30.8 Å². The largest absolute Gasteiger partial charge is 0.465 e. The number of amides is 2. The molecule has 1 aromatic carbocycles. The molecule has 14 nitrogen and oxygen atoms in total. The summed E-state index contributed by atoms with van der Waals surface area (Å²) >= 11 is 0. The van der Waals surface area contributed by atoms with E-state index in [2.05, 4.69) is 20.9 Å². The average molecular weight is 521 g/mol. The van der Waals surface area contributed by atoms with E-state index in [1.54, 1.807) is 18.7 Å². The van der Waals surface area contributed by atoms with Crippen molar-refractivity contribution in [3.8, 4) is 0 Å². The highest BCUT2D eigenvalue weighted by Crippen LogP contribution is 2.15. The predicted octanol–water partition coefficient (Wildman–Crippen LogP) is -1.00. The highest BCUT2D eigenvalue weighted by atomic mass is 16.6. The SMILES string of the molecule is CC(C)[C@H](NC(=O)OCc1ccccc1)C(=O)OCC(COC=O)OCN1C=NC2C(=O)NC(N)NC21. The van der Waals surface area contributed by atoms with Crippen LogP contribution in [0.1, 0.15) is 19.4 Å². The number of nitrogens with zero attached hydrogens (tertiary/aromatic N) is 2. The van der Waals surface area contributed by atoms with Crippen LogP contribution in [-0.2, 0) is 39.9 Å². The summed E-state index contributed by atoms with van der Waals surface area (Å²) < 4.78 is 21.1. The molecule has 0 aliphatic carbocycles. The van der Waals surface area contributed by atoms with Crippen molar-refractivity contribution in [2.45, 2.75) is 51.1 Å². The molecule has 202 valence electrons. The second-order valence-electron chi connectivity index (χ2n) is 8.73. The third-order valence-corrected chi connectivity index (χ3v) is 5.58. The Morgan fingerprint density at radius 2 is 1.97 bits per heavy atom. The van der Waals surface area contributed by atoms with Crippen LogP contribution >= 0.6 is 0 Å². The van der Waals surface area contributed by atoms with E-state index in [0.29, 0.717) is 0 Å². The minimum absolute atomic E-state index is 0.0502. The Kier molecular flexibility index (Phi) is 10.2. The Balaban J connectivity index is 1.49. The zero-order chi connectivity index (χ0) is 26.8. The number of hydrogen-bond donors (Lipinski definition) is 4. The van der Waals surface area contributed by atoms with Crippen molar-refractivity contribution < 1.29 is 38.1 Å². The van der Waals surface area contributed by atoms with Gasteiger partial charge in [-0.05, 0) is 11.5 Å². The number of ether oxygens (including phenoxy) is 4. The smallest absolute Gasteiger partial charge is 0.408 e. The van der Waals surface area contributed by atoms with E-state index in [-0.39, 0.29) is 44.8 Å². The quantitative estimate of drug-likeness (QED) is 0.142. The summed E-state index contributed by atoms with van der Waals surface area (Å²) in [6.07, 6.45) is -1.40. The van der Waals surface area contributed by atoms with E-state index >= 15 is 0 Å². The third kappa shape index (κ3) is 8.13. The molecule has 1 aromatic rings. The highest BCUT2D eigenvalue weighted by Gasteiger charge is 2.41. The van der Waals surface area contributed by atoms with E-state index in [1.165, 1.54) is 6.34 Å². The van der Waals surface area contributed by atoms with Gasteiger partial charge in [-0.2, -0.15) is 0 Å². The minimum atomic E-state index is -0.978. The van der Waals surface area contributed by atoms with Crippen molar-refractivity contribution in [1.82, 2.24) is 20.9 Å². The van der Waals surface area contributed by atoms with Gasteiger partial charge in [0.2, 0.25) is 0 Å². The maximum Gasteiger partial charge on any atom is 0.408 e. The van der Waals surface area contributed by atoms with E-state index in [9.17, 15) is 19.2 Å². The molecule has 2 aliphatic heterocycles. The van der Waals surface area contributed by atoms with E-state index in [1.807, 2.05) is 30.3 Å². The number of esters is 1. The highest BCUT2D eigenvalue weighted by molar-refractivity contribution is 5.87. The van der Waals surface area contributed by atoms with Crippen LogP contribution in [0, 0.1) is 5.92 Å². The van der Waals surface area contributed by atoms with Gasteiger partial charge in [-0.3, -0.25) is 25.6 Å². The van der Waals surface area contributed by atoms with Gasteiger partial charge >= 0.3 is 12.1 Å². The number of aliphatic imine (C=N–C) groups is 1. The van der Waals surface area contributed by atoms with Crippen molar-refractivity contribution in [2.75, 3.05) is 19.9 Å². The predicted molar refractivity (Wildman–Crippen MR) is 128 cm³/mol. The Morgan fingerprint density at radius 1 is 1.22 bits per heavy atom. The fourth-order valence-corrected chi connectivity index (χ4v) is 3.60. The molecule has 5 N–H and O–H groups in total. The molecule has 0 aromatic heterocycles. The monoisotopic (exact) mass is 520 g/mol. The number of alkyl carbamates (subject to hydrolysis) is 1. The molecule has 1 fully saturated rings. The third-order valence-electron chi connectivity index (χ3n) is 5.58. The molecule has 37 heavy (non-hydrogen) atoms. The van der Waals surface area contributed by atoms with Gasteiger partial charge in [0.15, 0.2) is 6.04 Å². The molecule has 1 saturated heterocycles. The molecule has 2 heterocycles. The van der Waals surface area contributed by atoms with E-state index < -0.39 is 42.7 Å². The molecule has 0 spiro atoms. The normalized spacial score (nSPS) is 22.0. The number of benzene rings is 1. The summed E-state index contributed by atoms with van der Waals surface area (Å²) in [4.78, 5) is 53.5. The number of nitrogens with one attached hydrogen (secondary N) is 3. The van der Waals surface area contributed by atoms with E-state index in [4.69, 9.17) is 24.7 Å². The number of carbonyl (C=O) groups is 4. The van der Waals surface area contributed by atoms with Crippen molar-refractivity contribution in [3.63, 3.8) is 0 Å². The number of nitrogens with two attached hydrogens (primary N) is 1. The van der Waals surface area contributed by atoms with Gasteiger partial charge in [-0.25, -0.2) is 9.59 Å². The molecule has 2 amide bonds. The summed E-state index contributed by atoms with van der Waals surface area (Å²) in [5, 5.41) is 8.04. The Labute approximate surface area is 213 Å². The molecule has 4 unspecified atom stereocenters. The summed E-state index contributed by atoms with van der Waals surface area (Å²) in [7, 11) is 0. The Morgan fingerprint density at radius 3 is 2.68 bits per heavy atom. The minimum Gasteiger partial charge on any atom is -0.465 e.